The van der Waals surface area contributed by atoms with Crippen LogP contribution in [-0.2, 0) is 27.8 Å². The summed E-state index contributed by atoms with van der Waals surface area (Å²) in [5.41, 5.74) is 1.61. The fourth-order valence-corrected chi connectivity index (χ4v) is 3.43. The molecule has 0 heterocycles. The lowest BCUT2D eigenvalue weighted by Gasteiger charge is -2.12. The maximum absolute atomic E-state index is 11.6. The van der Waals surface area contributed by atoms with Gasteiger partial charge in [-0.2, -0.15) is 0 Å². The molecule has 0 aliphatic heterocycles. The van der Waals surface area contributed by atoms with Gasteiger partial charge in [-0.05, 0) is 42.3 Å². The Kier molecular flexibility index (Phi) is 6.75. The third-order valence-corrected chi connectivity index (χ3v) is 5.25. The van der Waals surface area contributed by atoms with E-state index in [0.29, 0.717) is 16.8 Å². The summed E-state index contributed by atoms with van der Waals surface area (Å²) >= 11 is 12.3. The summed E-state index contributed by atoms with van der Waals surface area (Å²) in [4.78, 5) is 10.8. The molecule has 0 unspecified atom stereocenters. The first-order valence-corrected chi connectivity index (χ1v) is 10.0. The van der Waals surface area contributed by atoms with E-state index in [-0.39, 0.29) is 34.6 Å². The number of carbonyl (C=O) groups is 1. The normalized spacial score (nSPS) is 11.2. The van der Waals surface area contributed by atoms with Gasteiger partial charge in [0.2, 0.25) is 10.0 Å². The van der Waals surface area contributed by atoms with Crippen LogP contribution in [0, 0.1) is 0 Å². The molecule has 0 spiro atoms. The molecule has 2 N–H and O–H groups in total. The van der Waals surface area contributed by atoms with E-state index in [4.69, 9.17) is 33.0 Å². The predicted molar refractivity (Wildman–Crippen MR) is 102 cm³/mol. The molecule has 26 heavy (non-hydrogen) atoms. The molecule has 2 rings (SSSR count). The van der Waals surface area contributed by atoms with Crippen molar-refractivity contribution < 1.29 is 23.1 Å². The second kappa shape index (κ2) is 8.62. The average Bonchev–Trinajstić information content (AvgIpc) is 2.53. The Bertz CT molecular complexity index is 892. The average molecular weight is 418 g/mol. The molecule has 0 aliphatic rings. The fraction of sp³-hybridized carbons (Fsp3) is 0.235. The molecule has 0 saturated heterocycles. The van der Waals surface area contributed by atoms with E-state index in [1.54, 1.807) is 31.2 Å². The van der Waals surface area contributed by atoms with Crippen molar-refractivity contribution in [2.45, 2.75) is 20.0 Å². The second-order valence-corrected chi connectivity index (χ2v) is 8.28. The number of carboxylic acid groups (broad SMARTS) is 1. The summed E-state index contributed by atoms with van der Waals surface area (Å²) in [7, 11) is -3.37. The Morgan fingerprint density at radius 1 is 1.15 bits per heavy atom. The molecular weight excluding hydrogens is 401 g/mol. The summed E-state index contributed by atoms with van der Waals surface area (Å²) in [6, 6.07) is 9.73. The maximum Gasteiger partial charge on any atom is 0.307 e. The summed E-state index contributed by atoms with van der Waals surface area (Å²) in [6.07, 6.45) is -0.195. The molecule has 0 aromatic heterocycles. The van der Waals surface area contributed by atoms with Gasteiger partial charge in [-0.1, -0.05) is 35.3 Å². The molecule has 0 radical (unpaired) electrons. The molecule has 2 aromatic rings. The summed E-state index contributed by atoms with van der Waals surface area (Å²) in [5.74, 6) is -0.777. The molecule has 0 amide bonds. The Morgan fingerprint density at radius 2 is 1.81 bits per heavy atom. The van der Waals surface area contributed by atoms with Crippen molar-refractivity contribution in [3.63, 3.8) is 0 Å². The third kappa shape index (κ3) is 5.79. The van der Waals surface area contributed by atoms with Crippen molar-refractivity contribution in [3.05, 3.63) is 57.6 Å². The number of anilines is 1. The van der Waals surface area contributed by atoms with E-state index in [1.807, 2.05) is 0 Å². The first-order valence-electron chi connectivity index (χ1n) is 7.62. The molecule has 2 aromatic carbocycles. The number of halogens is 2. The van der Waals surface area contributed by atoms with E-state index in [9.17, 15) is 13.2 Å². The summed E-state index contributed by atoms with van der Waals surface area (Å²) in [5, 5.41) is 9.24. The highest BCUT2D eigenvalue weighted by molar-refractivity contribution is 7.92. The van der Waals surface area contributed by atoms with Crippen LogP contribution in [0.25, 0.3) is 0 Å². The molecule has 0 saturated carbocycles. The number of hydrogen-bond acceptors (Lipinski definition) is 4. The minimum atomic E-state index is -3.37. The molecule has 0 bridgehead atoms. The molecular formula is C17H17Cl2NO5S. The van der Waals surface area contributed by atoms with Crippen LogP contribution in [0.4, 0.5) is 5.69 Å². The highest BCUT2D eigenvalue weighted by Gasteiger charge is 2.12. The van der Waals surface area contributed by atoms with E-state index >= 15 is 0 Å². The van der Waals surface area contributed by atoms with Gasteiger partial charge in [-0.25, -0.2) is 8.42 Å². The standard InChI is InChI=1S/C17H17Cl2NO5S/c1-2-26(23,24)20-13-5-3-4-11(6-13)10-25-17-14(18)7-12(8-15(17)19)9-16(21)22/h3-8,20H,2,9-10H2,1H3,(H,21,22). The smallest absolute Gasteiger partial charge is 0.307 e. The van der Waals surface area contributed by atoms with E-state index in [0.717, 1.165) is 0 Å². The van der Waals surface area contributed by atoms with Crippen LogP contribution >= 0.6 is 23.2 Å². The lowest BCUT2D eigenvalue weighted by molar-refractivity contribution is -0.136. The second-order valence-electron chi connectivity index (χ2n) is 5.45. The number of rotatable bonds is 8. The van der Waals surface area contributed by atoms with Crippen molar-refractivity contribution in [1.82, 2.24) is 0 Å². The number of aliphatic carboxylic acids is 1. The number of sulfonamides is 1. The fourth-order valence-electron chi connectivity index (χ4n) is 2.16. The lowest BCUT2D eigenvalue weighted by atomic mass is 10.1. The van der Waals surface area contributed by atoms with Crippen LogP contribution in [0.15, 0.2) is 36.4 Å². The van der Waals surface area contributed by atoms with Gasteiger partial charge in [-0.15, -0.1) is 0 Å². The SMILES string of the molecule is CCS(=O)(=O)Nc1cccc(COc2c(Cl)cc(CC(=O)O)cc2Cl)c1. The topological polar surface area (TPSA) is 92.7 Å². The molecule has 0 atom stereocenters. The van der Waals surface area contributed by atoms with E-state index in [2.05, 4.69) is 4.72 Å². The minimum Gasteiger partial charge on any atom is -0.486 e. The highest BCUT2D eigenvalue weighted by Crippen LogP contribution is 2.35. The van der Waals surface area contributed by atoms with Crippen LogP contribution in [0.2, 0.25) is 10.0 Å². The Hall–Kier alpha value is -1.96. The Morgan fingerprint density at radius 3 is 2.38 bits per heavy atom. The van der Waals surface area contributed by atoms with Crippen LogP contribution in [0.1, 0.15) is 18.1 Å². The van der Waals surface area contributed by atoms with E-state index < -0.39 is 16.0 Å². The molecule has 0 aliphatic carbocycles. The van der Waals surface area contributed by atoms with Crippen molar-refractivity contribution in [2.75, 3.05) is 10.5 Å². The largest absolute Gasteiger partial charge is 0.486 e. The van der Waals surface area contributed by atoms with Gasteiger partial charge < -0.3 is 9.84 Å². The zero-order valence-electron chi connectivity index (χ0n) is 13.8. The van der Waals surface area contributed by atoms with Gasteiger partial charge in [0.05, 0.1) is 22.2 Å². The monoisotopic (exact) mass is 417 g/mol. The summed E-state index contributed by atoms with van der Waals surface area (Å²) < 4.78 is 31.4. The minimum absolute atomic E-state index is 0.0262. The Labute approximate surface area is 161 Å². The summed E-state index contributed by atoms with van der Waals surface area (Å²) in [6.45, 7) is 1.66. The van der Waals surface area contributed by atoms with Crippen molar-refractivity contribution in [2.24, 2.45) is 0 Å². The van der Waals surface area contributed by atoms with Gasteiger partial charge in [0, 0.05) is 5.69 Å². The Balaban J connectivity index is 2.13. The first-order chi connectivity index (χ1) is 12.2. The van der Waals surface area contributed by atoms with Gasteiger partial charge in [0.15, 0.2) is 5.75 Å². The molecule has 9 heteroatoms. The van der Waals surface area contributed by atoms with Crippen LogP contribution in [0.5, 0.6) is 5.75 Å². The van der Waals surface area contributed by atoms with Crippen LogP contribution < -0.4 is 9.46 Å². The number of ether oxygens (including phenoxy) is 1. The third-order valence-electron chi connectivity index (χ3n) is 3.38. The van der Waals surface area contributed by atoms with Gasteiger partial charge >= 0.3 is 5.97 Å². The predicted octanol–water partition coefficient (Wildman–Crippen LogP) is 3.96. The molecule has 0 fully saturated rings. The maximum atomic E-state index is 11.6. The van der Waals surface area contributed by atoms with Gasteiger partial charge in [-0.3, -0.25) is 9.52 Å². The highest BCUT2D eigenvalue weighted by atomic mass is 35.5. The van der Waals surface area contributed by atoms with Crippen molar-refractivity contribution in [3.8, 4) is 5.75 Å². The lowest BCUT2D eigenvalue weighted by Crippen LogP contribution is -2.14. The zero-order chi connectivity index (χ0) is 19.3. The van der Waals surface area contributed by atoms with Gasteiger partial charge in [0.1, 0.15) is 6.61 Å². The zero-order valence-corrected chi connectivity index (χ0v) is 16.2. The van der Waals surface area contributed by atoms with Crippen molar-refractivity contribution >= 4 is 44.9 Å². The number of benzene rings is 2. The van der Waals surface area contributed by atoms with Crippen LogP contribution in [-0.4, -0.2) is 25.2 Å². The number of carboxylic acids is 1. The first kappa shape index (κ1) is 20.4. The quantitative estimate of drug-likeness (QED) is 0.677. The number of nitrogens with one attached hydrogen (secondary N) is 1. The molecule has 6 nitrogen and oxygen atoms in total. The van der Waals surface area contributed by atoms with Crippen LogP contribution in [0.3, 0.4) is 0 Å². The molecule has 140 valence electrons. The van der Waals surface area contributed by atoms with Gasteiger partial charge in [0.25, 0.3) is 0 Å². The van der Waals surface area contributed by atoms with Crippen molar-refractivity contribution in [1.29, 1.82) is 0 Å². The number of hydrogen-bond donors (Lipinski definition) is 2. The van der Waals surface area contributed by atoms with E-state index in [1.165, 1.54) is 12.1 Å².